The van der Waals surface area contributed by atoms with Crippen LogP contribution >= 0.6 is 11.6 Å². The van der Waals surface area contributed by atoms with Crippen LogP contribution in [0.4, 0.5) is 5.69 Å². The average molecular weight is 345 g/mol. The second-order valence-corrected chi connectivity index (χ2v) is 6.69. The number of aliphatic hydroxyl groups excluding tert-OH is 1. The quantitative estimate of drug-likeness (QED) is 0.781. The van der Waals surface area contributed by atoms with E-state index in [9.17, 15) is 9.90 Å². The fourth-order valence-corrected chi connectivity index (χ4v) is 3.53. The Morgan fingerprint density at radius 3 is 2.83 bits per heavy atom. The Balaban J connectivity index is 1.67. The molecule has 0 radical (unpaired) electrons. The van der Waals surface area contributed by atoms with Crippen LogP contribution in [0.5, 0.6) is 0 Å². The van der Waals surface area contributed by atoms with E-state index in [1.165, 1.54) is 5.56 Å². The molecular formula is C19H21ClN2O2. The maximum Gasteiger partial charge on any atom is 0.238 e. The summed E-state index contributed by atoms with van der Waals surface area (Å²) in [6.45, 7) is 2.01. The number of carbonyl (C=O) groups is 1. The Morgan fingerprint density at radius 2 is 2.08 bits per heavy atom. The number of benzene rings is 2. The number of anilines is 1. The lowest BCUT2D eigenvalue weighted by atomic mass is 9.92. The molecule has 5 heteroatoms. The molecule has 0 bridgehead atoms. The molecule has 2 aromatic rings. The predicted octanol–water partition coefficient (Wildman–Crippen LogP) is 3.01. The number of halogens is 1. The molecule has 0 spiro atoms. The van der Waals surface area contributed by atoms with Crippen LogP contribution in [0.15, 0.2) is 42.5 Å². The summed E-state index contributed by atoms with van der Waals surface area (Å²) in [4.78, 5) is 12.3. The molecule has 0 heterocycles. The normalized spacial score (nSPS) is 19.1. The smallest absolute Gasteiger partial charge is 0.238 e. The zero-order valence-electron chi connectivity index (χ0n) is 13.6. The van der Waals surface area contributed by atoms with Crippen molar-refractivity contribution < 1.29 is 9.90 Å². The van der Waals surface area contributed by atoms with Gasteiger partial charge < -0.3 is 10.4 Å². The zero-order valence-corrected chi connectivity index (χ0v) is 14.4. The lowest BCUT2D eigenvalue weighted by molar-refractivity contribution is -0.115. The van der Waals surface area contributed by atoms with Gasteiger partial charge in [0.25, 0.3) is 0 Å². The Kier molecular flexibility index (Phi) is 4.90. The lowest BCUT2D eigenvalue weighted by Gasteiger charge is -2.29. The Bertz CT molecular complexity index is 763. The average Bonchev–Trinajstić information content (AvgIpc) is 2.95. The van der Waals surface area contributed by atoms with Crippen LogP contribution in [0.3, 0.4) is 0 Å². The number of hydrogen-bond donors (Lipinski definition) is 3. The van der Waals surface area contributed by atoms with Gasteiger partial charge in [-0.3, -0.25) is 10.1 Å². The summed E-state index contributed by atoms with van der Waals surface area (Å²) in [7, 11) is 0. The number of fused-ring (bicyclic) bond motifs is 1. The van der Waals surface area contributed by atoms with E-state index in [0.717, 1.165) is 29.7 Å². The molecule has 1 unspecified atom stereocenters. The summed E-state index contributed by atoms with van der Waals surface area (Å²) in [6, 6.07) is 13.4. The van der Waals surface area contributed by atoms with Crippen LogP contribution in [0.1, 0.15) is 23.1 Å². The van der Waals surface area contributed by atoms with Gasteiger partial charge in [0.2, 0.25) is 5.91 Å². The lowest BCUT2D eigenvalue weighted by Crippen LogP contribution is -2.47. The van der Waals surface area contributed by atoms with Gasteiger partial charge in [-0.15, -0.1) is 0 Å². The summed E-state index contributed by atoms with van der Waals surface area (Å²) in [5.74, 6) is -0.141. The number of aryl methyl sites for hydroxylation is 2. The third-order valence-electron chi connectivity index (χ3n) is 4.67. The summed E-state index contributed by atoms with van der Waals surface area (Å²) >= 11 is 5.93. The highest BCUT2D eigenvalue weighted by Crippen LogP contribution is 2.36. The first-order chi connectivity index (χ1) is 11.5. The highest BCUT2D eigenvalue weighted by atomic mass is 35.5. The van der Waals surface area contributed by atoms with Gasteiger partial charge in [0.05, 0.1) is 18.7 Å². The summed E-state index contributed by atoms with van der Waals surface area (Å²) in [6.07, 6.45) is 1.69. The number of carbonyl (C=O) groups excluding carboxylic acids is 1. The molecule has 3 N–H and O–H groups in total. The molecule has 1 amide bonds. The standard InChI is InChI=1S/C19H21ClN2O2/c1-13-10-15(20)6-7-17(13)22-18(24)11-21-19(12-23)9-8-14-4-2-3-5-16(14)19/h2-7,10,21,23H,8-9,11-12H2,1H3,(H,22,24). The number of amides is 1. The minimum Gasteiger partial charge on any atom is -0.394 e. The van der Waals surface area contributed by atoms with Crippen molar-refractivity contribution in [1.82, 2.24) is 5.32 Å². The first-order valence-electron chi connectivity index (χ1n) is 8.04. The van der Waals surface area contributed by atoms with Crippen LogP contribution in [0.2, 0.25) is 5.02 Å². The van der Waals surface area contributed by atoms with E-state index < -0.39 is 5.54 Å². The van der Waals surface area contributed by atoms with Gasteiger partial charge in [-0.25, -0.2) is 0 Å². The van der Waals surface area contributed by atoms with E-state index in [1.807, 2.05) is 31.2 Å². The van der Waals surface area contributed by atoms with Crippen LogP contribution < -0.4 is 10.6 Å². The molecule has 0 saturated heterocycles. The minimum atomic E-state index is -0.539. The van der Waals surface area contributed by atoms with Gasteiger partial charge in [-0.2, -0.15) is 0 Å². The second kappa shape index (κ2) is 6.93. The summed E-state index contributed by atoms with van der Waals surface area (Å²) in [5, 5.41) is 16.7. The van der Waals surface area contributed by atoms with E-state index >= 15 is 0 Å². The van der Waals surface area contributed by atoms with Crippen molar-refractivity contribution in [3.63, 3.8) is 0 Å². The van der Waals surface area contributed by atoms with Crippen LogP contribution in [-0.4, -0.2) is 24.2 Å². The van der Waals surface area contributed by atoms with Gasteiger partial charge in [0, 0.05) is 10.7 Å². The molecule has 1 aliphatic carbocycles. The monoisotopic (exact) mass is 344 g/mol. The molecule has 1 atom stereocenters. The second-order valence-electron chi connectivity index (χ2n) is 6.26. The van der Waals surface area contributed by atoms with Crippen molar-refractivity contribution in [1.29, 1.82) is 0 Å². The van der Waals surface area contributed by atoms with E-state index in [2.05, 4.69) is 16.7 Å². The third-order valence-corrected chi connectivity index (χ3v) is 4.91. The van der Waals surface area contributed by atoms with Gasteiger partial charge in [-0.1, -0.05) is 35.9 Å². The molecule has 3 rings (SSSR count). The van der Waals surface area contributed by atoms with E-state index in [1.54, 1.807) is 12.1 Å². The van der Waals surface area contributed by atoms with Gasteiger partial charge in [-0.05, 0) is 54.7 Å². The first-order valence-corrected chi connectivity index (χ1v) is 8.42. The zero-order chi connectivity index (χ0) is 17.2. The molecule has 0 saturated carbocycles. The van der Waals surface area contributed by atoms with Crippen molar-refractivity contribution in [2.24, 2.45) is 0 Å². The molecule has 0 aromatic heterocycles. The van der Waals surface area contributed by atoms with Gasteiger partial charge in [0.1, 0.15) is 0 Å². The highest BCUT2D eigenvalue weighted by molar-refractivity contribution is 6.30. The number of nitrogens with one attached hydrogen (secondary N) is 2. The Morgan fingerprint density at radius 1 is 1.29 bits per heavy atom. The minimum absolute atomic E-state index is 0.0305. The maximum absolute atomic E-state index is 12.3. The number of hydrogen-bond acceptors (Lipinski definition) is 3. The molecule has 0 fully saturated rings. The van der Waals surface area contributed by atoms with Crippen molar-refractivity contribution in [3.8, 4) is 0 Å². The molecule has 126 valence electrons. The van der Waals surface area contributed by atoms with Crippen LogP contribution in [0, 0.1) is 6.92 Å². The molecule has 24 heavy (non-hydrogen) atoms. The topological polar surface area (TPSA) is 61.4 Å². The molecular weight excluding hydrogens is 324 g/mol. The third kappa shape index (κ3) is 3.31. The maximum atomic E-state index is 12.3. The van der Waals surface area contributed by atoms with Crippen LogP contribution in [-0.2, 0) is 16.8 Å². The molecule has 0 aliphatic heterocycles. The fourth-order valence-electron chi connectivity index (χ4n) is 3.30. The Labute approximate surface area is 146 Å². The van der Waals surface area contributed by atoms with E-state index in [-0.39, 0.29) is 19.1 Å². The summed E-state index contributed by atoms with van der Waals surface area (Å²) < 4.78 is 0. The SMILES string of the molecule is Cc1cc(Cl)ccc1NC(=O)CNC1(CO)CCc2ccccc21. The number of aliphatic hydroxyl groups is 1. The first kappa shape index (κ1) is 17.0. The van der Waals surface area contributed by atoms with Crippen molar-refractivity contribution in [2.75, 3.05) is 18.5 Å². The Hall–Kier alpha value is -1.88. The fraction of sp³-hybridized carbons (Fsp3) is 0.316. The largest absolute Gasteiger partial charge is 0.394 e. The van der Waals surface area contributed by atoms with Crippen molar-refractivity contribution >= 4 is 23.2 Å². The van der Waals surface area contributed by atoms with Gasteiger partial charge in [0.15, 0.2) is 0 Å². The van der Waals surface area contributed by atoms with E-state index in [0.29, 0.717) is 5.02 Å². The van der Waals surface area contributed by atoms with E-state index in [4.69, 9.17) is 11.6 Å². The summed E-state index contributed by atoms with van der Waals surface area (Å²) in [5.41, 5.74) is 3.44. The molecule has 1 aliphatic rings. The van der Waals surface area contributed by atoms with Crippen molar-refractivity contribution in [3.05, 3.63) is 64.2 Å². The molecule has 4 nitrogen and oxygen atoms in total. The molecule has 2 aromatic carbocycles. The number of rotatable bonds is 5. The van der Waals surface area contributed by atoms with Gasteiger partial charge >= 0.3 is 0 Å². The van der Waals surface area contributed by atoms with Crippen molar-refractivity contribution in [2.45, 2.75) is 25.3 Å². The highest BCUT2D eigenvalue weighted by Gasteiger charge is 2.37. The predicted molar refractivity (Wildman–Crippen MR) is 96.3 cm³/mol. The van der Waals surface area contributed by atoms with Crippen LogP contribution in [0.25, 0.3) is 0 Å².